The van der Waals surface area contributed by atoms with E-state index in [-0.39, 0.29) is 33.6 Å². The maximum atomic E-state index is 3.80. The van der Waals surface area contributed by atoms with Gasteiger partial charge in [-0.05, 0) is 11.1 Å². The van der Waals surface area contributed by atoms with E-state index in [2.05, 4.69) is 149 Å². The maximum Gasteiger partial charge on any atom is 4.00 e. The topological polar surface area (TPSA) is 0 Å². The van der Waals surface area contributed by atoms with E-state index in [0.717, 1.165) is 6.42 Å². The summed E-state index contributed by atoms with van der Waals surface area (Å²) in [6, 6.07) is 46.2. The summed E-state index contributed by atoms with van der Waals surface area (Å²) < 4.78 is 0. The Bertz CT molecular complexity index is 1460. The largest absolute Gasteiger partial charge is 4.00 e. The monoisotopic (exact) mass is 696 g/mol. The number of aryl methyl sites for hydroxylation is 2. The summed E-state index contributed by atoms with van der Waals surface area (Å²) in [5.74, 6) is 0. The van der Waals surface area contributed by atoms with E-state index in [9.17, 15) is 0 Å². The second-order valence-electron chi connectivity index (χ2n) is 11.5. The third-order valence-electron chi connectivity index (χ3n) is 7.42. The molecule has 0 bridgehead atoms. The van der Waals surface area contributed by atoms with E-state index in [1.165, 1.54) is 82.3 Å². The van der Waals surface area contributed by atoms with Gasteiger partial charge in [-0.15, -0.1) is 81.2 Å². The Morgan fingerprint density at radius 3 is 1.32 bits per heavy atom. The van der Waals surface area contributed by atoms with Gasteiger partial charge in [-0.1, -0.05) is 156 Å². The number of unbranched alkanes of at least 4 members (excludes halogenated alkanes) is 6. The van der Waals surface area contributed by atoms with Crippen molar-refractivity contribution in [2.45, 2.75) is 65.7 Å². The molecule has 0 radical (unpaired) electrons. The smallest absolute Gasteiger partial charge is 0.358 e. The Hall–Kier alpha value is -3.54. The molecule has 0 N–H and O–H groups in total. The molecule has 242 valence electrons. The van der Waals surface area contributed by atoms with Crippen LogP contribution in [-0.2, 0) is 26.2 Å². The first-order chi connectivity index (χ1) is 22.1. The average Bonchev–Trinajstić information content (AvgIpc) is 3.65. The van der Waals surface area contributed by atoms with E-state index >= 15 is 0 Å². The van der Waals surface area contributed by atoms with Gasteiger partial charge in [-0.2, -0.15) is 18.6 Å². The molecule has 0 nitrogen and oxygen atoms in total. The molecule has 0 saturated carbocycles. The van der Waals surface area contributed by atoms with Crippen molar-refractivity contribution < 1.29 is 26.2 Å². The minimum Gasteiger partial charge on any atom is -0.358 e. The number of fused-ring (bicyclic) bond motifs is 2. The fourth-order valence-corrected chi connectivity index (χ4v) is 5.03. The number of hydrogen-bond donors (Lipinski definition) is 0. The molecule has 6 aromatic carbocycles. The summed E-state index contributed by atoms with van der Waals surface area (Å²) in [5.41, 5.74) is 5.14. The molecule has 1 heteroatoms. The number of allylic oxidation sites excluding steroid dienone is 2. The first kappa shape index (κ1) is 41.5. The SMILES string of the molecule is C(C=Cc1ccccc1)=Cc1ccccc1.Cc1cc2ccccc2[cH-]1.Cc1cc2ccccc2[cH-]1.[CH2-]CCCCCCCC.[CH3-].[Zr+4]. The average molecular weight is 698 g/mol. The van der Waals surface area contributed by atoms with Gasteiger partial charge in [0.15, 0.2) is 0 Å². The molecule has 0 amide bonds. The molecule has 0 aromatic heterocycles. The first-order valence-corrected chi connectivity index (χ1v) is 16.6. The molecule has 0 spiro atoms. The second kappa shape index (κ2) is 25.5. The van der Waals surface area contributed by atoms with Crippen LogP contribution in [0.3, 0.4) is 0 Å². The number of rotatable bonds is 9. The third-order valence-corrected chi connectivity index (χ3v) is 7.42. The Morgan fingerprint density at radius 2 is 0.915 bits per heavy atom. The van der Waals surface area contributed by atoms with Crippen molar-refractivity contribution in [1.82, 2.24) is 0 Å². The minimum absolute atomic E-state index is 0. The molecular formula is C46H54Zr. The molecule has 6 rings (SSSR count). The van der Waals surface area contributed by atoms with Crippen LogP contribution in [0.2, 0.25) is 0 Å². The van der Waals surface area contributed by atoms with Crippen LogP contribution in [0, 0.1) is 28.2 Å². The third kappa shape index (κ3) is 17.3. The molecule has 0 unspecified atom stereocenters. The van der Waals surface area contributed by atoms with Gasteiger partial charge in [0, 0.05) is 0 Å². The Balaban J connectivity index is 0.000000318. The number of benzene rings is 4. The predicted octanol–water partition coefficient (Wildman–Crippen LogP) is 14.2. The van der Waals surface area contributed by atoms with Crippen molar-refractivity contribution >= 4 is 33.7 Å². The van der Waals surface area contributed by atoms with Crippen LogP contribution in [0.4, 0.5) is 0 Å². The van der Waals surface area contributed by atoms with Crippen LogP contribution in [-0.4, -0.2) is 0 Å². The maximum absolute atomic E-state index is 3.80. The second-order valence-corrected chi connectivity index (χ2v) is 11.5. The minimum atomic E-state index is 0. The van der Waals surface area contributed by atoms with Gasteiger partial charge in [0.2, 0.25) is 0 Å². The number of hydrogen-bond acceptors (Lipinski definition) is 0. The van der Waals surface area contributed by atoms with E-state index < -0.39 is 0 Å². The summed E-state index contributed by atoms with van der Waals surface area (Å²) >= 11 is 0. The fourth-order valence-electron chi connectivity index (χ4n) is 5.03. The van der Waals surface area contributed by atoms with E-state index in [4.69, 9.17) is 0 Å². The van der Waals surface area contributed by atoms with Crippen LogP contribution in [0.15, 0.2) is 146 Å². The zero-order valence-electron chi connectivity index (χ0n) is 29.2. The molecule has 0 aliphatic carbocycles. The van der Waals surface area contributed by atoms with Gasteiger partial charge in [-0.3, -0.25) is 0 Å². The molecule has 0 heterocycles. The summed E-state index contributed by atoms with van der Waals surface area (Å²) in [5, 5.41) is 5.39. The quantitative estimate of drug-likeness (QED) is 0.0801. The molecule has 0 aliphatic heterocycles. The summed E-state index contributed by atoms with van der Waals surface area (Å²) in [4.78, 5) is 0. The van der Waals surface area contributed by atoms with Crippen molar-refractivity contribution in [3.8, 4) is 0 Å². The van der Waals surface area contributed by atoms with Crippen molar-refractivity contribution in [3.63, 3.8) is 0 Å². The molecule has 0 saturated heterocycles. The normalized spacial score (nSPS) is 10.2. The van der Waals surface area contributed by atoms with Crippen LogP contribution in [0.1, 0.15) is 74.1 Å². The van der Waals surface area contributed by atoms with Crippen molar-refractivity contribution in [2.24, 2.45) is 0 Å². The molecule has 0 aliphatic rings. The Kier molecular flexibility index (Phi) is 22.5. The molecule has 0 atom stereocenters. The fraction of sp³-hybridized carbons (Fsp3) is 0.217. The predicted molar refractivity (Wildman–Crippen MR) is 209 cm³/mol. The van der Waals surface area contributed by atoms with Crippen LogP contribution in [0.5, 0.6) is 0 Å². The molecule has 0 fully saturated rings. The first-order valence-electron chi connectivity index (χ1n) is 16.6. The summed E-state index contributed by atoms with van der Waals surface area (Å²) in [7, 11) is 0. The van der Waals surface area contributed by atoms with Gasteiger partial charge in [-0.25, -0.2) is 0 Å². The van der Waals surface area contributed by atoms with Crippen molar-refractivity contribution in [2.75, 3.05) is 0 Å². The Labute approximate surface area is 306 Å². The van der Waals surface area contributed by atoms with Crippen LogP contribution in [0.25, 0.3) is 33.7 Å². The molecular weight excluding hydrogens is 644 g/mol. The standard InChI is InChI=1S/C16H14.2C10H9.C9H19.CH3.Zr/c1-3-9-15(10-4-1)13-7-8-14-16-11-5-2-6-12-16;2*1-8-6-9-4-2-3-5-10(9)7-8;1-3-5-7-9-8-6-4-2;;/h1-14H;2*2-7H,1H3;1,3-9H2,2H3;1H3;/q;4*-1;+4. The van der Waals surface area contributed by atoms with E-state index in [1.54, 1.807) is 0 Å². The van der Waals surface area contributed by atoms with Crippen molar-refractivity contribution in [3.05, 3.63) is 182 Å². The van der Waals surface area contributed by atoms with Gasteiger partial charge >= 0.3 is 26.2 Å². The van der Waals surface area contributed by atoms with Gasteiger partial charge < -0.3 is 14.4 Å². The Morgan fingerprint density at radius 1 is 0.532 bits per heavy atom. The zero-order chi connectivity index (χ0) is 32.0. The van der Waals surface area contributed by atoms with Gasteiger partial charge in [0.1, 0.15) is 0 Å². The van der Waals surface area contributed by atoms with E-state index in [1.807, 2.05) is 36.4 Å². The van der Waals surface area contributed by atoms with Gasteiger partial charge in [0.25, 0.3) is 0 Å². The molecule has 47 heavy (non-hydrogen) atoms. The van der Waals surface area contributed by atoms with E-state index in [0.29, 0.717) is 0 Å². The van der Waals surface area contributed by atoms with Crippen LogP contribution >= 0.6 is 0 Å². The van der Waals surface area contributed by atoms with Crippen molar-refractivity contribution in [1.29, 1.82) is 0 Å². The molecule has 6 aromatic rings. The summed E-state index contributed by atoms with van der Waals surface area (Å²) in [6.45, 7) is 10.3. The van der Waals surface area contributed by atoms with Crippen LogP contribution < -0.4 is 0 Å². The van der Waals surface area contributed by atoms with Gasteiger partial charge in [0.05, 0.1) is 0 Å². The summed E-state index contributed by atoms with van der Waals surface area (Å²) in [6.07, 6.45) is 17.8. The zero-order valence-corrected chi connectivity index (χ0v) is 31.6.